The molecule has 4 heteroatoms. The van der Waals surface area contributed by atoms with Crippen molar-refractivity contribution in [1.29, 1.82) is 0 Å². The highest BCUT2D eigenvalue weighted by Crippen LogP contribution is 2.24. The second kappa shape index (κ2) is 9.21. The molecule has 0 spiro atoms. The minimum atomic E-state index is 0.207. The number of nitrogens with zero attached hydrogens (tertiary/aromatic N) is 1. The standard InChI is InChI=1S/C18H28N2OS/c1-3-6-18(21)19-13-15-9-11-20(12-10-15)14-16-7-4-5-8-17(16)22-2/h4-5,7-8,15H,3,6,9-14H2,1-2H3,(H,19,21). The molecule has 1 aliphatic heterocycles. The summed E-state index contributed by atoms with van der Waals surface area (Å²) < 4.78 is 0. The van der Waals surface area contributed by atoms with Gasteiger partial charge in [0, 0.05) is 24.4 Å². The first kappa shape index (κ1) is 17.4. The summed E-state index contributed by atoms with van der Waals surface area (Å²) >= 11 is 1.83. The molecule has 2 rings (SSSR count). The highest BCUT2D eigenvalue weighted by atomic mass is 32.2. The molecular weight excluding hydrogens is 292 g/mol. The molecule has 0 aliphatic carbocycles. The number of likely N-dealkylation sites (tertiary alicyclic amines) is 1. The molecule has 1 saturated heterocycles. The lowest BCUT2D eigenvalue weighted by Crippen LogP contribution is -2.38. The van der Waals surface area contributed by atoms with Gasteiger partial charge in [0.1, 0.15) is 0 Å². The molecule has 1 amide bonds. The first-order chi connectivity index (χ1) is 10.7. The smallest absolute Gasteiger partial charge is 0.219 e. The molecule has 22 heavy (non-hydrogen) atoms. The molecule has 0 aromatic heterocycles. The molecule has 0 bridgehead atoms. The van der Waals surface area contributed by atoms with Crippen LogP contribution in [0.4, 0.5) is 0 Å². The maximum Gasteiger partial charge on any atom is 0.219 e. The molecule has 3 nitrogen and oxygen atoms in total. The van der Waals surface area contributed by atoms with Crippen molar-refractivity contribution in [3.05, 3.63) is 29.8 Å². The van der Waals surface area contributed by atoms with Crippen molar-refractivity contribution in [1.82, 2.24) is 10.2 Å². The van der Waals surface area contributed by atoms with Crippen LogP contribution in [0.3, 0.4) is 0 Å². The van der Waals surface area contributed by atoms with Gasteiger partial charge in [-0.25, -0.2) is 0 Å². The van der Waals surface area contributed by atoms with E-state index < -0.39 is 0 Å². The number of carbonyl (C=O) groups is 1. The molecule has 1 fully saturated rings. The molecule has 1 heterocycles. The lowest BCUT2D eigenvalue weighted by atomic mass is 9.96. The fraction of sp³-hybridized carbons (Fsp3) is 0.611. The summed E-state index contributed by atoms with van der Waals surface area (Å²) in [5, 5.41) is 3.08. The summed E-state index contributed by atoms with van der Waals surface area (Å²) in [6.45, 7) is 6.22. The number of nitrogens with one attached hydrogen (secondary N) is 1. The Labute approximate surface area is 138 Å². The van der Waals surface area contributed by atoms with E-state index in [9.17, 15) is 4.79 Å². The van der Waals surface area contributed by atoms with Crippen LogP contribution < -0.4 is 5.32 Å². The lowest BCUT2D eigenvalue weighted by Gasteiger charge is -2.32. The van der Waals surface area contributed by atoms with Crippen molar-refractivity contribution in [2.24, 2.45) is 5.92 Å². The Morgan fingerprint density at radius 1 is 1.32 bits per heavy atom. The minimum absolute atomic E-state index is 0.207. The van der Waals surface area contributed by atoms with E-state index in [-0.39, 0.29) is 5.91 Å². The van der Waals surface area contributed by atoms with Gasteiger partial charge in [-0.15, -0.1) is 11.8 Å². The molecule has 0 radical (unpaired) electrons. The van der Waals surface area contributed by atoms with E-state index in [1.165, 1.54) is 23.3 Å². The maximum atomic E-state index is 11.5. The van der Waals surface area contributed by atoms with Gasteiger partial charge in [-0.1, -0.05) is 25.1 Å². The molecule has 1 aromatic rings. The summed E-state index contributed by atoms with van der Waals surface area (Å²) in [5.41, 5.74) is 1.43. The van der Waals surface area contributed by atoms with E-state index in [1.807, 2.05) is 18.7 Å². The van der Waals surface area contributed by atoms with Crippen molar-refractivity contribution in [2.45, 2.75) is 44.0 Å². The van der Waals surface area contributed by atoms with Crippen LogP contribution in [0.15, 0.2) is 29.2 Å². The van der Waals surface area contributed by atoms with Gasteiger partial charge in [0.2, 0.25) is 5.91 Å². The summed E-state index contributed by atoms with van der Waals surface area (Å²) in [6, 6.07) is 8.69. The predicted molar refractivity (Wildman–Crippen MR) is 94.1 cm³/mol. The fourth-order valence-electron chi connectivity index (χ4n) is 3.00. The molecule has 0 saturated carbocycles. The van der Waals surface area contributed by atoms with Gasteiger partial charge < -0.3 is 5.32 Å². The van der Waals surface area contributed by atoms with Crippen molar-refractivity contribution in [2.75, 3.05) is 25.9 Å². The number of amides is 1. The molecule has 1 N–H and O–H groups in total. The van der Waals surface area contributed by atoms with E-state index >= 15 is 0 Å². The number of rotatable bonds is 7. The summed E-state index contributed by atoms with van der Waals surface area (Å²) in [7, 11) is 0. The Balaban J connectivity index is 1.74. The third-order valence-corrected chi connectivity index (χ3v) is 5.20. The van der Waals surface area contributed by atoms with Gasteiger partial charge in [0.25, 0.3) is 0 Å². The van der Waals surface area contributed by atoms with Gasteiger partial charge >= 0.3 is 0 Å². The first-order valence-electron chi connectivity index (χ1n) is 8.34. The largest absolute Gasteiger partial charge is 0.356 e. The second-order valence-electron chi connectivity index (χ2n) is 6.09. The topological polar surface area (TPSA) is 32.3 Å². The number of hydrogen-bond donors (Lipinski definition) is 1. The SMILES string of the molecule is CCCC(=O)NCC1CCN(Cc2ccccc2SC)CC1. The van der Waals surface area contributed by atoms with Crippen LogP contribution in [0.1, 0.15) is 38.2 Å². The van der Waals surface area contributed by atoms with E-state index in [1.54, 1.807) is 0 Å². The Bertz CT molecular complexity index is 470. The number of thioether (sulfide) groups is 1. The number of piperidine rings is 1. The maximum absolute atomic E-state index is 11.5. The highest BCUT2D eigenvalue weighted by Gasteiger charge is 2.20. The molecular formula is C18H28N2OS. The molecule has 0 atom stereocenters. The normalized spacial score (nSPS) is 16.6. The van der Waals surface area contributed by atoms with Crippen LogP contribution in [0.2, 0.25) is 0 Å². The Hall–Kier alpha value is -1.00. The van der Waals surface area contributed by atoms with Crippen molar-refractivity contribution >= 4 is 17.7 Å². The van der Waals surface area contributed by atoms with Gasteiger partial charge in [0.05, 0.1) is 0 Å². The van der Waals surface area contributed by atoms with Gasteiger partial charge in [0.15, 0.2) is 0 Å². The van der Waals surface area contributed by atoms with E-state index in [0.29, 0.717) is 12.3 Å². The van der Waals surface area contributed by atoms with Crippen LogP contribution in [-0.4, -0.2) is 36.7 Å². The van der Waals surface area contributed by atoms with Gasteiger partial charge in [-0.05, 0) is 56.2 Å². The molecule has 0 unspecified atom stereocenters. The van der Waals surface area contributed by atoms with Crippen LogP contribution in [-0.2, 0) is 11.3 Å². The number of hydrogen-bond acceptors (Lipinski definition) is 3. The van der Waals surface area contributed by atoms with E-state index in [2.05, 4.69) is 40.7 Å². The quantitative estimate of drug-likeness (QED) is 0.780. The zero-order valence-corrected chi connectivity index (χ0v) is 14.6. The average Bonchev–Trinajstić information content (AvgIpc) is 2.55. The summed E-state index contributed by atoms with van der Waals surface area (Å²) in [6.07, 6.45) is 6.11. The van der Waals surface area contributed by atoms with Crippen LogP contribution in [0, 0.1) is 5.92 Å². The van der Waals surface area contributed by atoms with Crippen LogP contribution >= 0.6 is 11.8 Å². The van der Waals surface area contributed by atoms with E-state index in [4.69, 9.17) is 0 Å². The Kier molecular flexibility index (Phi) is 7.26. The molecule has 122 valence electrons. The van der Waals surface area contributed by atoms with Crippen LogP contribution in [0.5, 0.6) is 0 Å². The van der Waals surface area contributed by atoms with E-state index in [0.717, 1.165) is 32.6 Å². The second-order valence-corrected chi connectivity index (χ2v) is 6.93. The van der Waals surface area contributed by atoms with Gasteiger partial charge in [-0.3, -0.25) is 9.69 Å². The zero-order chi connectivity index (χ0) is 15.8. The van der Waals surface area contributed by atoms with Crippen LogP contribution in [0.25, 0.3) is 0 Å². The molecule has 1 aromatic carbocycles. The minimum Gasteiger partial charge on any atom is -0.356 e. The van der Waals surface area contributed by atoms with Gasteiger partial charge in [-0.2, -0.15) is 0 Å². The number of carbonyl (C=O) groups excluding carboxylic acids is 1. The van der Waals surface area contributed by atoms with Crippen molar-refractivity contribution in [3.8, 4) is 0 Å². The summed E-state index contributed by atoms with van der Waals surface area (Å²) in [4.78, 5) is 15.5. The highest BCUT2D eigenvalue weighted by molar-refractivity contribution is 7.98. The average molecular weight is 321 g/mol. The van der Waals surface area contributed by atoms with Crippen molar-refractivity contribution < 1.29 is 4.79 Å². The third-order valence-electron chi connectivity index (χ3n) is 4.36. The lowest BCUT2D eigenvalue weighted by molar-refractivity contribution is -0.121. The molecule has 1 aliphatic rings. The Morgan fingerprint density at radius 3 is 2.73 bits per heavy atom. The predicted octanol–water partition coefficient (Wildman–Crippen LogP) is 3.54. The third kappa shape index (κ3) is 5.33. The van der Waals surface area contributed by atoms with Crippen molar-refractivity contribution in [3.63, 3.8) is 0 Å². The fourth-order valence-corrected chi connectivity index (χ4v) is 3.61. The Morgan fingerprint density at radius 2 is 2.05 bits per heavy atom. The zero-order valence-electron chi connectivity index (χ0n) is 13.8. The summed E-state index contributed by atoms with van der Waals surface area (Å²) in [5.74, 6) is 0.853. The first-order valence-corrected chi connectivity index (χ1v) is 9.56. The number of benzene rings is 1. The monoisotopic (exact) mass is 320 g/mol.